The van der Waals surface area contributed by atoms with E-state index in [0.29, 0.717) is 21.9 Å². The largest absolute Gasteiger partial charge is 0.388 e. The molecule has 0 amide bonds. The minimum absolute atomic E-state index is 0.316. The lowest BCUT2D eigenvalue weighted by Crippen LogP contribution is -2.15. The van der Waals surface area contributed by atoms with Gasteiger partial charge in [0.2, 0.25) is 0 Å². The van der Waals surface area contributed by atoms with Crippen LogP contribution in [0, 0.1) is 11.8 Å². The standard InChI is InChI=1S/C13H16Cl2O/c1-8-3-2-4-10(8)13(16)11-7-9(14)5-6-12(11)15/h5-8,10,13,16H,2-4H2,1H3. The minimum atomic E-state index is -0.483. The van der Waals surface area contributed by atoms with Gasteiger partial charge in [-0.2, -0.15) is 0 Å². The maximum atomic E-state index is 10.4. The highest BCUT2D eigenvalue weighted by Gasteiger charge is 2.31. The van der Waals surface area contributed by atoms with Crippen molar-refractivity contribution in [3.05, 3.63) is 33.8 Å². The number of hydrogen-bond acceptors (Lipinski definition) is 1. The van der Waals surface area contributed by atoms with Gasteiger partial charge >= 0.3 is 0 Å². The van der Waals surface area contributed by atoms with E-state index in [2.05, 4.69) is 6.92 Å². The fourth-order valence-corrected chi connectivity index (χ4v) is 3.02. The van der Waals surface area contributed by atoms with Crippen LogP contribution in [0.2, 0.25) is 10.0 Å². The van der Waals surface area contributed by atoms with E-state index >= 15 is 0 Å². The molecule has 1 aliphatic carbocycles. The molecule has 1 N–H and O–H groups in total. The van der Waals surface area contributed by atoms with Gasteiger partial charge in [-0.1, -0.05) is 43.0 Å². The molecule has 0 aliphatic heterocycles. The zero-order chi connectivity index (χ0) is 11.7. The van der Waals surface area contributed by atoms with E-state index in [4.69, 9.17) is 23.2 Å². The molecule has 1 fully saturated rings. The first-order valence-electron chi connectivity index (χ1n) is 5.72. The zero-order valence-corrected chi connectivity index (χ0v) is 10.8. The van der Waals surface area contributed by atoms with Gasteiger partial charge in [-0.3, -0.25) is 0 Å². The van der Waals surface area contributed by atoms with E-state index in [1.165, 1.54) is 12.8 Å². The quantitative estimate of drug-likeness (QED) is 0.831. The molecule has 0 bridgehead atoms. The molecule has 2 rings (SSSR count). The monoisotopic (exact) mass is 258 g/mol. The highest BCUT2D eigenvalue weighted by molar-refractivity contribution is 6.33. The van der Waals surface area contributed by atoms with Gasteiger partial charge in [0.25, 0.3) is 0 Å². The highest BCUT2D eigenvalue weighted by Crippen LogP contribution is 2.42. The van der Waals surface area contributed by atoms with Crippen LogP contribution in [0.5, 0.6) is 0 Å². The van der Waals surface area contributed by atoms with Gasteiger partial charge in [0, 0.05) is 15.6 Å². The van der Waals surface area contributed by atoms with Crippen molar-refractivity contribution in [1.29, 1.82) is 0 Å². The predicted octanol–water partition coefficient (Wildman–Crippen LogP) is 4.46. The van der Waals surface area contributed by atoms with Crippen LogP contribution in [0.25, 0.3) is 0 Å². The summed E-state index contributed by atoms with van der Waals surface area (Å²) in [4.78, 5) is 0. The van der Waals surface area contributed by atoms with Gasteiger partial charge in [-0.25, -0.2) is 0 Å². The van der Waals surface area contributed by atoms with Crippen LogP contribution in [0.3, 0.4) is 0 Å². The second kappa shape index (κ2) is 4.95. The lowest BCUT2D eigenvalue weighted by Gasteiger charge is -2.23. The average molecular weight is 259 g/mol. The number of aliphatic hydroxyl groups excluding tert-OH is 1. The van der Waals surface area contributed by atoms with E-state index < -0.39 is 6.10 Å². The summed E-state index contributed by atoms with van der Waals surface area (Å²) >= 11 is 12.0. The summed E-state index contributed by atoms with van der Waals surface area (Å²) in [7, 11) is 0. The summed E-state index contributed by atoms with van der Waals surface area (Å²) in [5.41, 5.74) is 0.771. The number of halogens is 2. The lowest BCUT2D eigenvalue weighted by atomic mass is 9.88. The smallest absolute Gasteiger partial charge is 0.0835 e. The fraction of sp³-hybridized carbons (Fsp3) is 0.538. The zero-order valence-electron chi connectivity index (χ0n) is 9.29. The van der Waals surface area contributed by atoms with Crippen molar-refractivity contribution in [3.8, 4) is 0 Å². The number of aliphatic hydroxyl groups is 1. The molecular weight excluding hydrogens is 243 g/mol. The number of hydrogen-bond donors (Lipinski definition) is 1. The van der Waals surface area contributed by atoms with Crippen molar-refractivity contribution in [3.63, 3.8) is 0 Å². The van der Waals surface area contributed by atoms with Gasteiger partial charge in [-0.05, 0) is 36.5 Å². The Bertz CT molecular complexity index is 378. The second-order valence-electron chi connectivity index (χ2n) is 4.68. The van der Waals surface area contributed by atoms with E-state index in [0.717, 1.165) is 12.0 Å². The molecule has 0 radical (unpaired) electrons. The van der Waals surface area contributed by atoms with Crippen molar-refractivity contribution < 1.29 is 5.11 Å². The molecule has 1 saturated carbocycles. The van der Waals surface area contributed by atoms with Crippen LogP contribution < -0.4 is 0 Å². The molecule has 3 unspecified atom stereocenters. The van der Waals surface area contributed by atoms with Crippen LogP contribution >= 0.6 is 23.2 Å². The topological polar surface area (TPSA) is 20.2 Å². The van der Waals surface area contributed by atoms with Gasteiger partial charge in [-0.15, -0.1) is 0 Å². The molecule has 1 nitrogen and oxygen atoms in total. The lowest BCUT2D eigenvalue weighted by molar-refractivity contribution is 0.0901. The Balaban J connectivity index is 2.25. The first kappa shape index (κ1) is 12.2. The molecule has 3 heteroatoms. The molecular formula is C13H16Cl2O. The van der Waals surface area contributed by atoms with Crippen molar-refractivity contribution in [2.45, 2.75) is 32.3 Å². The van der Waals surface area contributed by atoms with Gasteiger partial charge < -0.3 is 5.11 Å². The highest BCUT2D eigenvalue weighted by atomic mass is 35.5. The third kappa shape index (κ3) is 2.37. The second-order valence-corrected chi connectivity index (χ2v) is 5.53. The van der Waals surface area contributed by atoms with E-state index in [9.17, 15) is 5.11 Å². The van der Waals surface area contributed by atoms with E-state index in [-0.39, 0.29) is 0 Å². The van der Waals surface area contributed by atoms with Gasteiger partial charge in [0.15, 0.2) is 0 Å². The molecule has 1 aromatic carbocycles. The molecule has 16 heavy (non-hydrogen) atoms. The molecule has 88 valence electrons. The van der Waals surface area contributed by atoms with E-state index in [1.807, 2.05) is 0 Å². The molecule has 0 spiro atoms. The van der Waals surface area contributed by atoms with Crippen LogP contribution in [0.4, 0.5) is 0 Å². The Morgan fingerprint density at radius 2 is 2.06 bits per heavy atom. The Morgan fingerprint density at radius 1 is 1.31 bits per heavy atom. The fourth-order valence-electron chi connectivity index (χ4n) is 2.62. The molecule has 1 aliphatic rings. The van der Waals surface area contributed by atoms with E-state index in [1.54, 1.807) is 18.2 Å². The van der Waals surface area contributed by atoms with Crippen LogP contribution in [0.15, 0.2) is 18.2 Å². The minimum Gasteiger partial charge on any atom is -0.388 e. The summed E-state index contributed by atoms with van der Waals surface area (Å²) in [6.07, 6.45) is 2.98. The van der Waals surface area contributed by atoms with Crippen LogP contribution in [-0.4, -0.2) is 5.11 Å². The number of benzene rings is 1. The summed E-state index contributed by atoms with van der Waals surface area (Å²) < 4.78 is 0. The van der Waals surface area contributed by atoms with Crippen molar-refractivity contribution in [2.24, 2.45) is 11.8 Å². The Labute approximate surface area is 106 Å². The maximum Gasteiger partial charge on any atom is 0.0835 e. The summed E-state index contributed by atoms with van der Waals surface area (Å²) in [5.74, 6) is 0.876. The molecule has 0 heterocycles. The average Bonchev–Trinajstić information content (AvgIpc) is 2.67. The summed E-state index contributed by atoms with van der Waals surface area (Å²) in [6.45, 7) is 2.19. The Hall–Kier alpha value is -0.240. The molecule has 3 atom stereocenters. The van der Waals surface area contributed by atoms with Crippen molar-refractivity contribution in [1.82, 2.24) is 0 Å². The van der Waals surface area contributed by atoms with Gasteiger partial charge in [0.05, 0.1) is 6.10 Å². The first-order valence-corrected chi connectivity index (χ1v) is 6.48. The van der Waals surface area contributed by atoms with Crippen molar-refractivity contribution in [2.75, 3.05) is 0 Å². The third-order valence-corrected chi connectivity index (χ3v) is 4.19. The van der Waals surface area contributed by atoms with Gasteiger partial charge in [0.1, 0.15) is 0 Å². The number of rotatable bonds is 2. The van der Waals surface area contributed by atoms with Crippen molar-refractivity contribution >= 4 is 23.2 Å². The first-order chi connectivity index (χ1) is 7.59. The SMILES string of the molecule is CC1CCCC1C(O)c1cc(Cl)ccc1Cl. The Kier molecular flexibility index (Phi) is 3.78. The molecule has 0 aromatic heterocycles. The third-order valence-electron chi connectivity index (χ3n) is 3.61. The summed E-state index contributed by atoms with van der Waals surface area (Å²) in [6, 6.07) is 5.28. The predicted molar refractivity (Wildman–Crippen MR) is 67.9 cm³/mol. The van der Waals surface area contributed by atoms with Crippen LogP contribution in [-0.2, 0) is 0 Å². The normalized spacial score (nSPS) is 27.0. The van der Waals surface area contributed by atoms with Crippen LogP contribution in [0.1, 0.15) is 37.9 Å². The Morgan fingerprint density at radius 3 is 2.69 bits per heavy atom. The maximum absolute atomic E-state index is 10.4. The molecule has 0 saturated heterocycles. The molecule has 1 aromatic rings. The summed E-state index contributed by atoms with van der Waals surface area (Å²) in [5, 5.41) is 11.6.